The zero-order valence-corrected chi connectivity index (χ0v) is 11.6. The number of para-hydroxylation sites is 1. The standard InChI is InChI=1S/C14H16N2O2S/c1-2-19-9-7-12-13(17)15-11-6-4-3-5-10(11)14(18)16(12)8-9/h3-6,9,12H,2,7-8H2,1H3,(H,15,17)/t9-,12-/m0/s1. The number of fused-ring (bicyclic) bond motifs is 2. The molecule has 0 radical (unpaired) electrons. The Kier molecular flexibility index (Phi) is 3.22. The fourth-order valence-corrected chi connectivity index (χ4v) is 3.83. The first-order chi connectivity index (χ1) is 9.20. The molecule has 4 nitrogen and oxygen atoms in total. The van der Waals surface area contributed by atoms with Gasteiger partial charge in [-0.1, -0.05) is 19.1 Å². The lowest BCUT2D eigenvalue weighted by molar-refractivity contribution is -0.119. The van der Waals surface area contributed by atoms with Crippen LogP contribution in [0.5, 0.6) is 0 Å². The molecule has 100 valence electrons. The number of carbonyl (C=O) groups excluding carboxylic acids is 2. The molecule has 0 bridgehead atoms. The van der Waals surface area contributed by atoms with Crippen molar-refractivity contribution in [3.8, 4) is 0 Å². The van der Waals surface area contributed by atoms with Crippen LogP contribution >= 0.6 is 11.8 Å². The van der Waals surface area contributed by atoms with Gasteiger partial charge in [0.05, 0.1) is 11.3 Å². The van der Waals surface area contributed by atoms with Gasteiger partial charge in [0, 0.05) is 11.8 Å². The summed E-state index contributed by atoms with van der Waals surface area (Å²) in [6.07, 6.45) is 0.754. The molecule has 1 aromatic carbocycles. The minimum absolute atomic E-state index is 0.0295. The van der Waals surface area contributed by atoms with Crippen molar-refractivity contribution >= 4 is 29.3 Å². The quantitative estimate of drug-likeness (QED) is 0.898. The van der Waals surface area contributed by atoms with Gasteiger partial charge in [0.25, 0.3) is 5.91 Å². The second-order valence-corrected chi connectivity index (χ2v) is 6.40. The smallest absolute Gasteiger partial charge is 0.256 e. The van der Waals surface area contributed by atoms with Gasteiger partial charge < -0.3 is 10.2 Å². The van der Waals surface area contributed by atoms with Crippen LogP contribution in [0, 0.1) is 0 Å². The molecule has 0 aliphatic carbocycles. The molecule has 0 spiro atoms. The zero-order chi connectivity index (χ0) is 13.4. The van der Waals surface area contributed by atoms with E-state index in [1.807, 2.05) is 23.9 Å². The Morgan fingerprint density at radius 2 is 2.16 bits per heavy atom. The van der Waals surface area contributed by atoms with Crippen LogP contribution in [-0.2, 0) is 4.79 Å². The summed E-state index contributed by atoms with van der Waals surface area (Å²) in [4.78, 5) is 26.5. The summed E-state index contributed by atoms with van der Waals surface area (Å²) >= 11 is 1.82. The lowest BCUT2D eigenvalue weighted by Gasteiger charge is -2.19. The largest absolute Gasteiger partial charge is 0.325 e. The molecule has 0 unspecified atom stereocenters. The number of benzene rings is 1. The molecule has 1 N–H and O–H groups in total. The Hall–Kier alpha value is -1.49. The molecule has 1 saturated heterocycles. The van der Waals surface area contributed by atoms with Gasteiger partial charge in [0.15, 0.2) is 0 Å². The van der Waals surface area contributed by atoms with Crippen molar-refractivity contribution in [3.63, 3.8) is 0 Å². The van der Waals surface area contributed by atoms with Gasteiger partial charge >= 0.3 is 0 Å². The minimum atomic E-state index is -0.316. The van der Waals surface area contributed by atoms with E-state index < -0.39 is 0 Å². The number of nitrogens with zero attached hydrogens (tertiary/aromatic N) is 1. The lowest BCUT2D eigenvalue weighted by atomic mass is 10.1. The number of carbonyl (C=O) groups is 2. The second-order valence-electron chi connectivity index (χ2n) is 4.82. The topological polar surface area (TPSA) is 49.4 Å². The van der Waals surface area contributed by atoms with E-state index in [0.29, 0.717) is 23.0 Å². The molecule has 0 saturated carbocycles. The third kappa shape index (κ3) is 2.12. The number of hydrogen-bond donors (Lipinski definition) is 1. The normalized spacial score (nSPS) is 25.6. The highest BCUT2D eigenvalue weighted by Gasteiger charge is 2.42. The van der Waals surface area contributed by atoms with Crippen LogP contribution in [0.1, 0.15) is 23.7 Å². The van der Waals surface area contributed by atoms with Gasteiger partial charge in [-0.2, -0.15) is 11.8 Å². The highest BCUT2D eigenvalue weighted by Crippen LogP contribution is 2.33. The Morgan fingerprint density at radius 1 is 1.37 bits per heavy atom. The van der Waals surface area contributed by atoms with E-state index in [-0.39, 0.29) is 17.9 Å². The van der Waals surface area contributed by atoms with E-state index >= 15 is 0 Å². The van der Waals surface area contributed by atoms with Crippen LogP contribution in [0.25, 0.3) is 0 Å². The molecule has 2 heterocycles. The Morgan fingerprint density at radius 3 is 2.95 bits per heavy atom. The molecule has 2 aliphatic heterocycles. The van der Waals surface area contributed by atoms with Crippen molar-refractivity contribution < 1.29 is 9.59 Å². The average Bonchev–Trinajstić information content (AvgIpc) is 2.79. The zero-order valence-electron chi connectivity index (χ0n) is 10.8. The summed E-state index contributed by atoms with van der Waals surface area (Å²) in [6, 6.07) is 6.91. The monoisotopic (exact) mass is 276 g/mol. The summed E-state index contributed by atoms with van der Waals surface area (Å²) in [7, 11) is 0. The molecule has 2 atom stereocenters. The van der Waals surface area contributed by atoms with Crippen molar-refractivity contribution in [2.45, 2.75) is 24.6 Å². The Balaban J connectivity index is 1.94. The average molecular weight is 276 g/mol. The van der Waals surface area contributed by atoms with Crippen LogP contribution in [0.15, 0.2) is 24.3 Å². The molecule has 1 fully saturated rings. The molecule has 0 aromatic heterocycles. The maximum Gasteiger partial charge on any atom is 0.256 e. The number of rotatable bonds is 2. The van der Waals surface area contributed by atoms with Crippen molar-refractivity contribution in [2.24, 2.45) is 0 Å². The van der Waals surface area contributed by atoms with Crippen molar-refractivity contribution in [3.05, 3.63) is 29.8 Å². The van der Waals surface area contributed by atoms with Crippen molar-refractivity contribution in [1.29, 1.82) is 0 Å². The third-order valence-electron chi connectivity index (χ3n) is 3.64. The predicted molar refractivity (Wildman–Crippen MR) is 76.4 cm³/mol. The molecule has 19 heavy (non-hydrogen) atoms. The first-order valence-corrected chi connectivity index (χ1v) is 7.58. The van der Waals surface area contributed by atoms with Crippen LogP contribution in [-0.4, -0.2) is 40.3 Å². The fourth-order valence-electron chi connectivity index (χ4n) is 2.78. The van der Waals surface area contributed by atoms with Crippen molar-refractivity contribution in [1.82, 2.24) is 4.90 Å². The summed E-state index contributed by atoms with van der Waals surface area (Å²) in [5.74, 6) is 0.924. The third-order valence-corrected chi connectivity index (χ3v) is 4.79. The maximum atomic E-state index is 12.5. The number of anilines is 1. The van der Waals surface area contributed by atoms with Crippen LogP contribution in [0.2, 0.25) is 0 Å². The molecule has 1 aromatic rings. The molecular formula is C14H16N2O2S. The SMILES string of the molecule is CCS[C@H]1C[C@H]2C(=O)Nc3ccccc3C(=O)N2C1. The van der Waals surface area contributed by atoms with Crippen LogP contribution in [0.3, 0.4) is 0 Å². The van der Waals surface area contributed by atoms with E-state index in [1.165, 1.54) is 0 Å². The van der Waals surface area contributed by atoms with Gasteiger partial charge in [-0.25, -0.2) is 0 Å². The van der Waals surface area contributed by atoms with Gasteiger partial charge in [-0.15, -0.1) is 0 Å². The maximum absolute atomic E-state index is 12.5. The van der Waals surface area contributed by atoms with E-state index in [9.17, 15) is 9.59 Å². The molecule has 2 aliphatic rings. The van der Waals surface area contributed by atoms with E-state index in [4.69, 9.17) is 0 Å². The second kappa shape index (κ2) is 4.89. The first kappa shape index (κ1) is 12.5. The Bertz CT molecular complexity index is 532. The molecule has 5 heteroatoms. The van der Waals surface area contributed by atoms with E-state index in [2.05, 4.69) is 12.2 Å². The number of hydrogen-bond acceptors (Lipinski definition) is 3. The van der Waals surface area contributed by atoms with Crippen LogP contribution in [0.4, 0.5) is 5.69 Å². The number of thioether (sulfide) groups is 1. The summed E-state index contributed by atoms with van der Waals surface area (Å²) in [5, 5.41) is 3.25. The summed E-state index contributed by atoms with van der Waals surface area (Å²) in [5.41, 5.74) is 1.23. The fraction of sp³-hybridized carbons (Fsp3) is 0.429. The number of nitrogens with one attached hydrogen (secondary N) is 1. The Labute approximate surface area is 116 Å². The van der Waals surface area contributed by atoms with Crippen LogP contribution < -0.4 is 5.32 Å². The van der Waals surface area contributed by atoms with Gasteiger partial charge in [-0.05, 0) is 24.3 Å². The van der Waals surface area contributed by atoms with Gasteiger partial charge in [0.1, 0.15) is 6.04 Å². The van der Waals surface area contributed by atoms with Gasteiger partial charge in [-0.3, -0.25) is 9.59 Å². The summed E-state index contributed by atoms with van der Waals surface area (Å²) in [6.45, 7) is 2.77. The highest BCUT2D eigenvalue weighted by atomic mass is 32.2. The molecular weight excluding hydrogens is 260 g/mol. The molecule has 2 amide bonds. The minimum Gasteiger partial charge on any atom is -0.325 e. The predicted octanol–water partition coefficient (Wildman–Crippen LogP) is 1.97. The molecule has 3 rings (SSSR count). The van der Waals surface area contributed by atoms with E-state index in [1.54, 1.807) is 17.0 Å². The summed E-state index contributed by atoms with van der Waals surface area (Å²) < 4.78 is 0. The lowest BCUT2D eigenvalue weighted by Crippen LogP contribution is -2.40. The van der Waals surface area contributed by atoms with Gasteiger partial charge in [0.2, 0.25) is 5.91 Å². The number of amides is 2. The van der Waals surface area contributed by atoms with Crippen molar-refractivity contribution in [2.75, 3.05) is 17.6 Å². The van der Waals surface area contributed by atoms with E-state index in [0.717, 1.165) is 12.2 Å². The first-order valence-electron chi connectivity index (χ1n) is 6.53. The highest BCUT2D eigenvalue weighted by molar-refractivity contribution is 7.99.